The Bertz CT molecular complexity index is 833. The number of nitrogens with zero attached hydrogens (tertiary/aromatic N) is 2. The van der Waals surface area contributed by atoms with Crippen molar-refractivity contribution in [2.24, 2.45) is 0 Å². The van der Waals surface area contributed by atoms with E-state index in [1.165, 1.54) is 19.3 Å². The molecule has 0 aliphatic rings. The Balaban J connectivity index is 1.28. The zero-order valence-corrected chi connectivity index (χ0v) is 15.9. The molecule has 1 N–H and O–H groups in total. The molecule has 0 fully saturated rings. The fraction of sp³-hybridized carbons (Fsp3) is 0.364. The van der Waals surface area contributed by atoms with Crippen molar-refractivity contribution >= 4 is 16.7 Å². The first-order valence-electron chi connectivity index (χ1n) is 9.58. The van der Waals surface area contributed by atoms with E-state index in [1.807, 2.05) is 42.5 Å². The fourth-order valence-corrected chi connectivity index (χ4v) is 3.03. The van der Waals surface area contributed by atoms with Gasteiger partial charge in [-0.25, -0.2) is 9.97 Å². The summed E-state index contributed by atoms with van der Waals surface area (Å²) < 4.78 is 11.1. The maximum Gasteiger partial charge on any atom is 0.161 e. The van der Waals surface area contributed by atoms with Crippen LogP contribution in [0, 0.1) is 0 Å². The number of nitrogens with one attached hydrogen (secondary N) is 1. The van der Waals surface area contributed by atoms with Crippen molar-refractivity contribution < 1.29 is 9.47 Å². The maximum atomic E-state index is 5.80. The third-order valence-electron chi connectivity index (χ3n) is 4.48. The normalized spacial score (nSPS) is 10.7. The zero-order valence-electron chi connectivity index (χ0n) is 15.9. The second kappa shape index (κ2) is 10.4. The summed E-state index contributed by atoms with van der Waals surface area (Å²) in [7, 11) is 1.67. The first kappa shape index (κ1) is 19.0. The average molecular weight is 365 g/mol. The number of unbranched alkanes of at least 4 members (excludes halogenated alkanes) is 4. The summed E-state index contributed by atoms with van der Waals surface area (Å²) in [5.41, 5.74) is 0.977. The fourth-order valence-electron chi connectivity index (χ4n) is 3.03. The summed E-state index contributed by atoms with van der Waals surface area (Å²) in [6.45, 7) is 1.66. The van der Waals surface area contributed by atoms with Gasteiger partial charge >= 0.3 is 0 Å². The van der Waals surface area contributed by atoms with Gasteiger partial charge in [0, 0.05) is 11.9 Å². The maximum absolute atomic E-state index is 5.80. The summed E-state index contributed by atoms with van der Waals surface area (Å²) in [6, 6.07) is 15.9. The largest absolute Gasteiger partial charge is 0.493 e. The molecule has 0 aliphatic heterocycles. The van der Waals surface area contributed by atoms with Crippen LogP contribution in [-0.2, 0) is 0 Å². The molecule has 1 heterocycles. The monoisotopic (exact) mass is 365 g/mol. The molecule has 5 nitrogen and oxygen atoms in total. The molecular weight excluding hydrogens is 338 g/mol. The summed E-state index contributed by atoms with van der Waals surface area (Å²) in [5.74, 6) is 2.54. The summed E-state index contributed by atoms with van der Waals surface area (Å²) in [6.07, 6.45) is 7.39. The van der Waals surface area contributed by atoms with E-state index in [0.29, 0.717) is 0 Å². The van der Waals surface area contributed by atoms with Crippen LogP contribution in [0.1, 0.15) is 32.1 Å². The van der Waals surface area contributed by atoms with E-state index in [9.17, 15) is 0 Å². The Morgan fingerprint density at radius 1 is 0.815 bits per heavy atom. The Kier molecular flexibility index (Phi) is 7.27. The molecule has 0 aliphatic carbocycles. The molecule has 142 valence electrons. The lowest BCUT2D eigenvalue weighted by atomic mass is 10.1. The molecule has 0 amide bonds. The van der Waals surface area contributed by atoms with Gasteiger partial charge in [0.1, 0.15) is 12.1 Å². The first-order chi connectivity index (χ1) is 13.4. The van der Waals surface area contributed by atoms with Gasteiger partial charge in [-0.3, -0.25) is 0 Å². The minimum Gasteiger partial charge on any atom is -0.493 e. The van der Waals surface area contributed by atoms with Crippen molar-refractivity contribution in [2.75, 3.05) is 25.6 Å². The lowest BCUT2D eigenvalue weighted by Gasteiger charge is -2.10. The molecule has 3 rings (SSSR count). The molecule has 2 aromatic carbocycles. The Labute approximate surface area is 160 Å². The highest BCUT2D eigenvalue weighted by Crippen LogP contribution is 2.26. The molecule has 0 radical (unpaired) electrons. The van der Waals surface area contributed by atoms with Gasteiger partial charge in [0.15, 0.2) is 11.5 Å². The van der Waals surface area contributed by atoms with E-state index in [2.05, 4.69) is 21.4 Å². The standard InChI is InChI=1S/C22H27N3O2/c1-26-20-13-7-8-14-21(20)27-16-10-4-2-3-9-15-23-22-18-11-5-6-12-19(18)24-17-25-22/h5-8,11-14,17H,2-4,9-10,15-16H2,1H3,(H,23,24,25). The molecule has 0 saturated carbocycles. The molecule has 27 heavy (non-hydrogen) atoms. The molecule has 1 aromatic heterocycles. The molecular formula is C22H27N3O2. The predicted molar refractivity (Wildman–Crippen MR) is 110 cm³/mol. The molecule has 0 atom stereocenters. The summed E-state index contributed by atoms with van der Waals surface area (Å²) >= 11 is 0. The van der Waals surface area contributed by atoms with Gasteiger partial charge in [0.25, 0.3) is 0 Å². The van der Waals surface area contributed by atoms with E-state index in [4.69, 9.17) is 9.47 Å². The summed E-state index contributed by atoms with van der Waals surface area (Å²) in [4.78, 5) is 8.65. The second-order valence-electron chi connectivity index (χ2n) is 6.43. The first-order valence-corrected chi connectivity index (χ1v) is 9.58. The Hall–Kier alpha value is -2.82. The van der Waals surface area contributed by atoms with Gasteiger partial charge in [0.05, 0.1) is 19.2 Å². The third-order valence-corrected chi connectivity index (χ3v) is 4.48. The van der Waals surface area contributed by atoms with Crippen LogP contribution in [0.4, 0.5) is 5.82 Å². The van der Waals surface area contributed by atoms with E-state index < -0.39 is 0 Å². The van der Waals surface area contributed by atoms with E-state index in [-0.39, 0.29) is 0 Å². The number of fused-ring (bicyclic) bond motifs is 1. The van der Waals surface area contributed by atoms with Gasteiger partial charge in [-0.1, -0.05) is 43.5 Å². The number of para-hydroxylation sites is 3. The number of methoxy groups -OCH3 is 1. The van der Waals surface area contributed by atoms with Crippen molar-refractivity contribution in [1.82, 2.24) is 9.97 Å². The highest BCUT2D eigenvalue weighted by atomic mass is 16.5. The number of anilines is 1. The van der Waals surface area contributed by atoms with Gasteiger partial charge < -0.3 is 14.8 Å². The lowest BCUT2D eigenvalue weighted by molar-refractivity contribution is 0.285. The van der Waals surface area contributed by atoms with Gasteiger partial charge in [-0.05, 0) is 37.1 Å². The van der Waals surface area contributed by atoms with Crippen LogP contribution < -0.4 is 14.8 Å². The summed E-state index contributed by atoms with van der Waals surface area (Å²) in [5, 5.41) is 4.51. The van der Waals surface area contributed by atoms with E-state index in [1.54, 1.807) is 13.4 Å². The van der Waals surface area contributed by atoms with Crippen LogP contribution in [0.15, 0.2) is 54.9 Å². The minimum atomic E-state index is 0.728. The number of benzene rings is 2. The van der Waals surface area contributed by atoms with E-state index in [0.717, 1.165) is 54.2 Å². The van der Waals surface area contributed by atoms with Crippen LogP contribution in [0.5, 0.6) is 11.5 Å². The predicted octanol–water partition coefficient (Wildman–Crippen LogP) is 5.08. The molecule has 0 spiro atoms. The molecule has 0 unspecified atom stereocenters. The van der Waals surface area contributed by atoms with Gasteiger partial charge in [-0.2, -0.15) is 0 Å². The quantitative estimate of drug-likeness (QED) is 0.480. The lowest BCUT2D eigenvalue weighted by Crippen LogP contribution is -2.04. The molecule has 3 aromatic rings. The number of aromatic nitrogens is 2. The third kappa shape index (κ3) is 5.58. The van der Waals surface area contributed by atoms with Gasteiger partial charge in [-0.15, -0.1) is 0 Å². The molecule has 5 heteroatoms. The molecule has 0 saturated heterocycles. The zero-order chi connectivity index (χ0) is 18.7. The second-order valence-corrected chi connectivity index (χ2v) is 6.43. The highest BCUT2D eigenvalue weighted by Gasteiger charge is 2.03. The van der Waals surface area contributed by atoms with Crippen molar-refractivity contribution in [3.63, 3.8) is 0 Å². The smallest absolute Gasteiger partial charge is 0.161 e. The Morgan fingerprint density at radius 3 is 2.44 bits per heavy atom. The number of hydrogen-bond acceptors (Lipinski definition) is 5. The average Bonchev–Trinajstić information content (AvgIpc) is 2.73. The number of rotatable bonds is 11. The van der Waals surface area contributed by atoms with Crippen molar-refractivity contribution in [2.45, 2.75) is 32.1 Å². The number of ether oxygens (including phenoxy) is 2. The van der Waals surface area contributed by atoms with Crippen LogP contribution >= 0.6 is 0 Å². The molecule has 0 bridgehead atoms. The van der Waals surface area contributed by atoms with Crippen molar-refractivity contribution in [1.29, 1.82) is 0 Å². The van der Waals surface area contributed by atoms with Crippen LogP contribution in [-0.4, -0.2) is 30.2 Å². The Morgan fingerprint density at radius 2 is 1.56 bits per heavy atom. The topological polar surface area (TPSA) is 56.3 Å². The van der Waals surface area contributed by atoms with Gasteiger partial charge in [0.2, 0.25) is 0 Å². The van der Waals surface area contributed by atoms with Crippen molar-refractivity contribution in [3.8, 4) is 11.5 Å². The van der Waals surface area contributed by atoms with Crippen LogP contribution in [0.3, 0.4) is 0 Å². The van der Waals surface area contributed by atoms with Crippen LogP contribution in [0.25, 0.3) is 10.9 Å². The van der Waals surface area contributed by atoms with E-state index >= 15 is 0 Å². The minimum absolute atomic E-state index is 0.728. The number of hydrogen-bond donors (Lipinski definition) is 1. The SMILES string of the molecule is COc1ccccc1OCCCCCCCNc1ncnc2ccccc12. The van der Waals surface area contributed by atoms with Crippen molar-refractivity contribution in [3.05, 3.63) is 54.9 Å². The van der Waals surface area contributed by atoms with Crippen LogP contribution in [0.2, 0.25) is 0 Å². The highest BCUT2D eigenvalue weighted by molar-refractivity contribution is 5.88.